The van der Waals surface area contributed by atoms with Crippen molar-refractivity contribution in [3.05, 3.63) is 56.5 Å². The summed E-state index contributed by atoms with van der Waals surface area (Å²) in [6.07, 6.45) is 0. The Bertz CT molecular complexity index is 636. The molecule has 3 nitrogen and oxygen atoms in total. The van der Waals surface area contributed by atoms with Gasteiger partial charge in [-0.15, -0.1) is 0 Å². The van der Waals surface area contributed by atoms with Crippen molar-refractivity contribution in [2.45, 2.75) is 0 Å². The predicted octanol–water partition coefficient (Wildman–Crippen LogP) is 5.35. The number of hydrogen-bond acceptors (Lipinski definition) is 2. The van der Waals surface area contributed by atoms with Crippen LogP contribution >= 0.6 is 46.4 Å². The number of benzene rings is 2. The van der Waals surface area contributed by atoms with Crippen LogP contribution in [0.3, 0.4) is 0 Å². The maximum absolute atomic E-state index is 11.9. The molecule has 0 fully saturated rings. The minimum atomic E-state index is -0.291. The van der Waals surface area contributed by atoms with Crippen molar-refractivity contribution in [1.82, 2.24) is 0 Å². The Morgan fingerprint density at radius 1 is 0.952 bits per heavy atom. The third kappa shape index (κ3) is 4.68. The van der Waals surface area contributed by atoms with Gasteiger partial charge >= 0.3 is 0 Å². The number of para-hydroxylation sites is 1. The molecule has 0 unspecified atom stereocenters. The van der Waals surface area contributed by atoms with Crippen molar-refractivity contribution < 1.29 is 4.79 Å². The standard InChI is InChI=1S/C14H10Cl4N2O/c15-8-4-9(16)6-10(5-8)19-7-13(21)20-14-11(17)2-1-3-12(14)18/h1-6,19H,7H2,(H,20,21). The average Bonchev–Trinajstić information content (AvgIpc) is 2.40. The zero-order valence-electron chi connectivity index (χ0n) is 10.6. The second kappa shape index (κ2) is 7.23. The van der Waals surface area contributed by atoms with Gasteiger partial charge < -0.3 is 10.6 Å². The average molecular weight is 364 g/mol. The first-order valence-corrected chi connectivity index (χ1v) is 7.41. The van der Waals surface area contributed by atoms with Gasteiger partial charge in [0.1, 0.15) is 0 Å². The lowest BCUT2D eigenvalue weighted by Crippen LogP contribution is -2.22. The minimum absolute atomic E-state index is 0.0260. The number of nitrogens with one attached hydrogen (secondary N) is 2. The Morgan fingerprint density at radius 2 is 1.52 bits per heavy atom. The zero-order chi connectivity index (χ0) is 15.4. The van der Waals surface area contributed by atoms with E-state index in [0.29, 0.717) is 31.5 Å². The van der Waals surface area contributed by atoms with Gasteiger partial charge in [-0.25, -0.2) is 0 Å². The van der Waals surface area contributed by atoms with Gasteiger partial charge in [0, 0.05) is 15.7 Å². The Labute approximate surface area is 142 Å². The third-order valence-electron chi connectivity index (χ3n) is 2.54. The van der Waals surface area contributed by atoms with Crippen molar-refractivity contribution in [3.8, 4) is 0 Å². The van der Waals surface area contributed by atoms with E-state index < -0.39 is 0 Å². The minimum Gasteiger partial charge on any atom is -0.376 e. The molecule has 110 valence electrons. The molecule has 0 aliphatic carbocycles. The predicted molar refractivity (Wildman–Crippen MR) is 90.0 cm³/mol. The zero-order valence-corrected chi connectivity index (χ0v) is 13.6. The highest BCUT2D eigenvalue weighted by Gasteiger charge is 2.09. The molecule has 21 heavy (non-hydrogen) atoms. The monoisotopic (exact) mass is 362 g/mol. The maximum Gasteiger partial charge on any atom is 0.243 e. The molecule has 0 aromatic heterocycles. The second-order valence-corrected chi connectivity index (χ2v) is 5.84. The summed E-state index contributed by atoms with van der Waals surface area (Å²) in [5.41, 5.74) is 1.03. The Kier molecular flexibility index (Phi) is 5.59. The van der Waals surface area contributed by atoms with Crippen LogP contribution in [0.15, 0.2) is 36.4 Å². The number of anilines is 2. The summed E-state index contributed by atoms with van der Waals surface area (Å²) in [5, 5.41) is 7.29. The molecule has 0 aliphatic heterocycles. The van der Waals surface area contributed by atoms with E-state index in [2.05, 4.69) is 10.6 Å². The molecule has 1 amide bonds. The van der Waals surface area contributed by atoms with E-state index in [1.54, 1.807) is 36.4 Å². The number of amides is 1. The molecule has 0 atom stereocenters. The summed E-state index contributed by atoms with van der Waals surface area (Å²) >= 11 is 23.7. The van der Waals surface area contributed by atoms with Gasteiger partial charge in [0.05, 0.1) is 22.3 Å². The van der Waals surface area contributed by atoms with Crippen LogP contribution in [-0.4, -0.2) is 12.5 Å². The smallest absolute Gasteiger partial charge is 0.243 e. The number of rotatable bonds is 4. The number of carbonyl (C=O) groups is 1. The van der Waals surface area contributed by atoms with Crippen LogP contribution < -0.4 is 10.6 Å². The fourth-order valence-corrected chi connectivity index (χ4v) is 2.66. The lowest BCUT2D eigenvalue weighted by molar-refractivity contribution is -0.114. The van der Waals surface area contributed by atoms with E-state index in [9.17, 15) is 4.79 Å². The van der Waals surface area contributed by atoms with Crippen LogP contribution in [0.25, 0.3) is 0 Å². The van der Waals surface area contributed by atoms with E-state index in [4.69, 9.17) is 46.4 Å². The van der Waals surface area contributed by atoms with Crippen molar-refractivity contribution in [1.29, 1.82) is 0 Å². The number of carbonyl (C=O) groups excluding carboxylic acids is 1. The van der Waals surface area contributed by atoms with E-state index in [0.717, 1.165) is 0 Å². The first-order valence-electron chi connectivity index (χ1n) is 5.89. The molecule has 0 saturated heterocycles. The highest BCUT2D eigenvalue weighted by atomic mass is 35.5. The Hall–Kier alpha value is -1.13. The molecule has 2 aromatic rings. The molecule has 2 rings (SSSR count). The van der Waals surface area contributed by atoms with Crippen LogP contribution in [0.2, 0.25) is 20.1 Å². The van der Waals surface area contributed by atoms with E-state index in [1.165, 1.54) is 0 Å². The molecule has 2 N–H and O–H groups in total. The van der Waals surface area contributed by atoms with Gasteiger partial charge in [-0.05, 0) is 30.3 Å². The highest BCUT2D eigenvalue weighted by molar-refractivity contribution is 6.39. The Balaban J connectivity index is 1.99. The molecule has 0 bridgehead atoms. The third-order valence-corrected chi connectivity index (χ3v) is 3.61. The quantitative estimate of drug-likeness (QED) is 0.768. The van der Waals surface area contributed by atoms with Gasteiger partial charge in [0.25, 0.3) is 0 Å². The fourth-order valence-electron chi connectivity index (χ4n) is 1.64. The molecule has 0 saturated carbocycles. The largest absolute Gasteiger partial charge is 0.376 e. The summed E-state index contributed by atoms with van der Waals surface area (Å²) < 4.78 is 0. The van der Waals surface area contributed by atoms with Crippen LogP contribution in [0.5, 0.6) is 0 Å². The lowest BCUT2D eigenvalue weighted by atomic mass is 10.3. The topological polar surface area (TPSA) is 41.1 Å². The first kappa shape index (κ1) is 16.2. The molecule has 0 radical (unpaired) electrons. The molecule has 0 spiro atoms. The SMILES string of the molecule is O=C(CNc1cc(Cl)cc(Cl)c1)Nc1c(Cl)cccc1Cl. The van der Waals surface area contributed by atoms with Gasteiger partial charge in [-0.2, -0.15) is 0 Å². The van der Waals surface area contributed by atoms with Gasteiger partial charge in [0.15, 0.2) is 0 Å². The molecule has 7 heteroatoms. The fraction of sp³-hybridized carbons (Fsp3) is 0.0714. The van der Waals surface area contributed by atoms with Crippen molar-refractivity contribution in [2.24, 2.45) is 0 Å². The van der Waals surface area contributed by atoms with Crippen LogP contribution in [0.1, 0.15) is 0 Å². The summed E-state index contributed by atoms with van der Waals surface area (Å²) in [7, 11) is 0. The summed E-state index contributed by atoms with van der Waals surface area (Å²) in [6.45, 7) is 0.0260. The van der Waals surface area contributed by atoms with Gasteiger partial charge in [-0.3, -0.25) is 4.79 Å². The molecular formula is C14H10Cl4N2O. The molecule has 0 aliphatic rings. The number of hydrogen-bond donors (Lipinski definition) is 2. The van der Waals surface area contributed by atoms with E-state index >= 15 is 0 Å². The molecule has 2 aromatic carbocycles. The molecule has 0 heterocycles. The van der Waals surface area contributed by atoms with E-state index in [1.807, 2.05) is 0 Å². The Morgan fingerprint density at radius 3 is 2.10 bits per heavy atom. The van der Waals surface area contributed by atoms with Crippen molar-refractivity contribution >= 4 is 63.7 Å². The van der Waals surface area contributed by atoms with E-state index in [-0.39, 0.29) is 12.5 Å². The maximum atomic E-state index is 11.9. The molecular weight excluding hydrogens is 354 g/mol. The summed E-state index contributed by atoms with van der Waals surface area (Å²) in [4.78, 5) is 11.9. The first-order chi connectivity index (χ1) is 9.95. The van der Waals surface area contributed by atoms with Gasteiger partial charge in [-0.1, -0.05) is 52.5 Å². The van der Waals surface area contributed by atoms with Crippen molar-refractivity contribution in [3.63, 3.8) is 0 Å². The van der Waals surface area contributed by atoms with Crippen LogP contribution in [0, 0.1) is 0 Å². The lowest BCUT2D eigenvalue weighted by Gasteiger charge is -2.11. The van der Waals surface area contributed by atoms with Crippen molar-refractivity contribution in [2.75, 3.05) is 17.2 Å². The highest BCUT2D eigenvalue weighted by Crippen LogP contribution is 2.29. The van der Waals surface area contributed by atoms with Crippen LogP contribution in [-0.2, 0) is 4.79 Å². The van der Waals surface area contributed by atoms with Gasteiger partial charge in [0.2, 0.25) is 5.91 Å². The van der Waals surface area contributed by atoms with Crippen LogP contribution in [0.4, 0.5) is 11.4 Å². The second-order valence-electron chi connectivity index (χ2n) is 4.16. The number of halogens is 4. The normalized spacial score (nSPS) is 10.3. The summed E-state index contributed by atoms with van der Waals surface area (Å²) in [6, 6.07) is 9.94. The summed E-state index contributed by atoms with van der Waals surface area (Å²) in [5.74, 6) is -0.291.